The maximum absolute atomic E-state index is 11.1. The summed E-state index contributed by atoms with van der Waals surface area (Å²) in [5.41, 5.74) is 5.19. The molecule has 1 N–H and O–H groups in total. The molecule has 7 heteroatoms. The van der Waals surface area contributed by atoms with Gasteiger partial charge in [-0.1, -0.05) is 6.07 Å². The molecule has 0 saturated carbocycles. The molecule has 130 valence electrons. The highest BCUT2D eigenvalue weighted by molar-refractivity contribution is 7.16. The Morgan fingerprint density at radius 1 is 1.36 bits per heavy atom. The Hall–Kier alpha value is -2.25. The fourth-order valence-electron chi connectivity index (χ4n) is 3.32. The standard InChI is InChI=1S/C18H20N4O2S/c1-11(13-3-4-17-15(9-13)19-10-25-17)22-7-5-14-16(6-8-22)24-18(21-14)20-12(2)23/h3-4,9-11H,5-8H2,1-2H3,(H,20,21,23). The van der Waals surface area contributed by atoms with Crippen LogP contribution in [-0.4, -0.2) is 33.9 Å². The van der Waals surface area contributed by atoms with E-state index in [4.69, 9.17) is 4.42 Å². The van der Waals surface area contributed by atoms with E-state index in [0.29, 0.717) is 12.1 Å². The number of benzene rings is 1. The summed E-state index contributed by atoms with van der Waals surface area (Å²) >= 11 is 1.67. The largest absolute Gasteiger partial charge is 0.428 e. The summed E-state index contributed by atoms with van der Waals surface area (Å²) in [4.78, 5) is 22.4. The molecule has 1 unspecified atom stereocenters. The molecule has 0 fully saturated rings. The van der Waals surface area contributed by atoms with Crippen molar-refractivity contribution in [1.29, 1.82) is 0 Å². The van der Waals surface area contributed by atoms with E-state index in [1.165, 1.54) is 17.2 Å². The highest BCUT2D eigenvalue weighted by atomic mass is 32.1. The molecular formula is C18H20N4O2S. The number of amides is 1. The van der Waals surface area contributed by atoms with Gasteiger partial charge in [-0.2, -0.15) is 4.98 Å². The Bertz CT molecular complexity index is 891. The van der Waals surface area contributed by atoms with Gasteiger partial charge in [0.2, 0.25) is 5.91 Å². The van der Waals surface area contributed by atoms with Crippen LogP contribution in [-0.2, 0) is 17.6 Å². The van der Waals surface area contributed by atoms with Crippen molar-refractivity contribution in [3.63, 3.8) is 0 Å². The Balaban J connectivity index is 1.49. The first-order chi connectivity index (χ1) is 12.1. The highest BCUT2D eigenvalue weighted by Gasteiger charge is 2.24. The molecule has 1 aromatic carbocycles. The van der Waals surface area contributed by atoms with Crippen molar-refractivity contribution in [1.82, 2.24) is 14.9 Å². The van der Waals surface area contributed by atoms with Crippen LogP contribution >= 0.6 is 11.3 Å². The minimum atomic E-state index is -0.163. The summed E-state index contributed by atoms with van der Waals surface area (Å²) in [6.07, 6.45) is 1.62. The second-order valence-corrected chi connectivity index (χ2v) is 7.25. The van der Waals surface area contributed by atoms with Crippen LogP contribution in [0.25, 0.3) is 10.2 Å². The third-order valence-corrected chi connectivity index (χ3v) is 5.52. The Morgan fingerprint density at radius 2 is 2.20 bits per heavy atom. The molecule has 4 rings (SSSR count). The zero-order valence-electron chi connectivity index (χ0n) is 14.3. The molecule has 25 heavy (non-hydrogen) atoms. The fourth-order valence-corrected chi connectivity index (χ4v) is 3.98. The van der Waals surface area contributed by atoms with Crippen molar-refractivity contribution >= 4 is 33.5 Å². The minimum absolute atomic E-state index is 0.163. The van der Waals surface area contributed by atoms with Crippen molar-refractivity contribution in [3.05, 3.63) is 40.7 Å². The van der Waals surface area contributed by atoms with Gasteiger partial charge in [-0.05, 0) is 24.6 Å². The number of fused-ring (bicyclic) bond motifs is 2. The third kappa shape index (κ3) is 3.29. The summed E-state index contributed by atoms with van der Waals surface area (Å²) in [5, 5.41) is 2.62. The Morgan fingerprint density at radius 3 is 3.04 bits per heavy atom. The number of carbonyl (C=O) groups excluding carboxylic acids is 1. The Kier molecular flexibility index (Phi) is 4.27. The zero-order chi connectivity index (χ0) is 17.4. The second-order valence-electron chi connectivity index (χ2n) is 6.36. The first-order valence-electron chi connectivity index (χ1n) is 8.43. The molecule has 0 radical (unpaired) electrons. The van der Waals surface area contributed by atoms with E-state index in [1.807, 2.05) is 5.51 Å². The van der Waals surface area contributed by atoms with Crippen LogP contribution in [0.4, 0.5) is 6.01 Å². The molecule has 2 aromatic heterocycles. The quantitative estimate of drug-likeness (QED) is 0.779. The number of anilines is 1. The van der Waals surface area contributed by atoms with Gasteiger partial charge in [-0.3, -0.25) is 15.0 Å². The van der Waals surface area contributed by atoms with Gasteiger partial charge in [0.15, 0.2) is 0 Å². The maximum atomic E-state index is 11.1. The smallest absolute Gasteiger partial charge is 0.301 e. The lowest BCUT2D eigenvalue weighted by molar-refractivity contribution is -0.114. The minimum Gasteiger partial charge on any atom is -0.428 e. The summed E-state index contributed by atoms with van der Waals surface area (Å²) < 4.78 is 6.92. The van der Waals surface area contributed by atoms with Crippen molar-refractivity contribution in [3.8, 4) is 0 Å². The molecule has 1 aliphatic heterocycles. The molecule has 0 aliphatic carbocycles. The number of aromatic nitrogens is 2. The lowest BCUT2D eigenvalue weighted by atomic mass is 10.1. The van der Waals surface area contributed by atoms with Gasteiger partial charge in [0, 0.05) is 38.9 Å². The van der Waals surface area contributed by atoms with E-state index in [0.717, 1.165) is 42.9 Å². The molecule has 0 saturated heterocycles. The SMILES string of the molecule is CC(=O)Nc1nc2c(o1)CCN(C(C)c1ccc3scnc3c1)CC2. The van der Waals surface area contributed by atoms with E-state index >= 15 is 0 Å². The van der Waals surface area contributed by atoms with Gasteiger partial charge >= 0.3 is 6.01 Å². The summed E-state index contributed by atoms with van der Waals surface area (Å²) in [5.74, 6) is 0.720. The van der Waals surface area contributed by atoms with Crippen LogP contribution < -0.4 is 5.32 Å². The van der Waals surface area contributed by atoms with Crippen LogP contribution in [0.5, 0.6) is 0 Å². The second kappa shape index (κ2) is 6.57. The number of rotatable bonds is 3. The molecule has 6 nitrogen and oxygen atoms in total. The van der Waals surface area contributed by atoms with E-state index in [9.17, 15) is 4.79 Å². The normalized spacial score (nSPS) is 16.4. The Labute approximate surface area is 149 Å². The van der Waals surface area contributed by atoms with E-state index < -0.39 is 0 Å². The predicted octanol–water partition coefficient (Wildman–Crippen LogP) is 3.40. The topological polar surface area (TPSA) is 71.3 Å². The fraction of sp³-hybridized carbons (Fsp3) is 0.389. The number of carbonyl (C=O) groups is 1. The highest BCUT2D eigenvalue weighted by Crippen LogP contribution is 2.28. The van der Waals surface area contributed by atoms with Crippen molar-refractivity contribution in [2.24, 2.45) is 0 Å². The van der Waals surface area contributed by atoms with E-state index in [1.54, 1.807) is 11.3 Å². The molecule has 0 bridgehead atoms. The number of nitrogens with zero attached hydrogens (tertiary/aromatic N) is 3. The number of hydrogen-bond donors (Lipinski definition) is 1. The lowest BCUT2D eigenvalue weighted by Crippen LogP contribution is -2.29. The number of nitrogens with one attached hydrogen (secondary N) is 1. The molecule has 1 atom stereocenters. The predicted molar refractivity (Wildman–Crippen MR) is 97.8 cm³/mol. The summed E-state index contributed by atoms with van der Waals surface area (Å²) in [7, 11) is 0. The lowest BCUT2D eigenvalue weighted by Gasteiger charge is -2.27. The first kappa shape index (κ1) is 16.2. The van der Waals surface area contributed by atoms with Crippen LogP contribution in [0.3, 0.4) is 0 Å². The van der Waals surface area contributed by atoms with Crippen molar-refractivity contribution in [2.75, 3.05) is 18.4 Å². The van der Waals surface area contributed by atoms with Crippen molar-refractivity contribution < 1.29 is 9.21 Å². The van der Waals surface area contributed by atoms with Gasteiger partial charge in [0.1, 0.15) is 5.76 Å². The molecule has 1 aliphatic rings. The molecule has 3 aromatic rings. The summed E-state index contributed by atoms with van der Waals surface area (Å²) in [6, 6.07) is 7.16. The van der Waals surface area contributed by atoms with Gasteiger partial charge in [-0.25, -0.2) is 4.98 Å². The average Bonchev–Trinajstić information content (AvgIpc) is 3.15. The van der Waals surface area contributed by atoms with Crippen molar-refractivity contribution in [2.45, 2.75) is 32.7 Å². The summed E-state index contributed by atoms with van der Waals surface area (Å²) in [6.45, 7) is 5.50. The number of oxazole rings is 1. The monoisotopic (exact) mass is 356 g/mol. The molecule has 0 spiro atoms. The number of thiazole rings is 1. The van der Waals surface area contributed by atoms with E-state index in [-0.39, 0.29) is 5.91 Å². The first-order valence-corrected chi connectivity index (χ1v) is 9.31. The average molecular weight is 356 g/mol. The molecule has 3 heterocycles. The van der Waals surface area contributed by atoms with Crippen LogP contribution in [0.15, 0.2) is 28.1 Å². The van der Waals surface area contributed by atoms with Crippen LogP contribution in [0.1, 0.15) is 36.9 Å². The third-order valence-electron chi connectivity index (χ3n) is 4.71. The van der Waals surface area contributed by atoms with E-state index in [2.05, 4.69) is 45.3 Å². The van der Waals surface area contributed by atoms with Gasteiger partial charge in [-0.15, -0.1) is 11.3 Å². The number of hydrogen-bond acceptors (Lipinski definition) is 6. The maximum Gasteiger partial charge on any atom is 0.301 e. The van der Waals surface area contributed by atoms with Crippen LogP contribution in [0.2, 0.25) is 0 Å². The molecular weight excluding hydrogens is 336 g/mol. The zero-order valence-corrected chi connectivity index (χ0v) is 15.1. The van der Waals surface area contributed by atoms with Gasteiger partial charge in [0.05, 0.1) is 21.4 Å². The van der Waals surface area contributed by atoms with Gasteiger partial charge < -0.3 is 4.42 Å². The molecule has 1 amide bonds. The van der Waals surface area contributed by atoms with Crippen LogP contribution in [0, 0.1) is 0 Å². The van der Waals surface area contributed by atoms with Gasteiger partial charge in [0.25, 0.3) is 0 Å².